The van der Waals surface area contributed by atoms with Gasteiger partial charge in [-0.3, -0.25) is 19.7 Å². The van der Waals surface area contributed by atoms with Gasteiger partial charge >= 0.3 is 0 Å². The summed E-state index contributed by atoms with van der Waals surface area (Å²) in [6.07, 6.45) is 13.6. The van der Waals surface area contributed by atoms with Crippen LogP contribution in [0.15, 0.2) is 72.7 Å². The second kappa shape index (κ2) is 18.1. The van der Waals surface area contributed by atoms with Gasteiger partial charge in [-0.05, 0) is 81.9 Å². The number of rotatable bonds is 14. The van der Waals surface area contributed by atoms with Crippen molar-refractivity contribution < 1.29 is 4.79 Å². The van der Waals surface area contributed by atoms with Gasteiger partial charge in [-0.2, -0.15) is 0 Å². The zero-order valence-corrected chi connectivity index (χ0v) is 23.1. The second-order valence-electron chi connectivity index (χ2n) is 8.88. The maximum Gasteiger partial charge on any atom is 0.207 e. The first-order chi connectivity index (χ1) is 17.4. The summed E-state index contributed by atoms with van der Waals surface area (Å²) in [5, 5.41) is 5.71. The number of hydrogen-bond acceptors (Lipinski definition) is 5. The number of aromatic nitrogens is 2. The van der Waals surface area contributed by atoms with Crippen molar-refractivity contribution >= 4 is 6.41 Å². The van der Waals surface area contributed by atoms with Crippen molar-refractivity contribution in [2.45, 2.75) is 73.0 Å². The number of carbonyl (C=O) groups excluding carboxylic acids is 1. The average molecular weight is 492 g/mol. The first kappa shape index (κ1) is 30.8. The Morgan fingerprint density at radius 1 is 1.11 bits per heavy atom. The van der Waals surface area contributed by atoms with Gasteiger partial charge in [0.05, 0.1) is 11.4 Å². The van der Waals surface area contributed by atoms with Crippen LogP contribution in [0, 0.1) is 13.8 Å². The Hall–Kier alpha value is -3.25. The number of likely N-dealkylation sites (N-methyl/N-ethyl adjacent to an activating group) is 1. The van der Waals surface area contributed by atoms with Gasteiger partial charge in [-0.25, -0.2) is 0 Å². The van der Waals surface area contributed by atoms with Crippen molar-refractivity contribution in [2.75, 3.05) is 13.6 Å². The number of allylic oxidation sites excluding steroid dienone is 4. The van der Waals surface area contributed by atoms with Crippen molar-refractivity contribution in [3.8, 4) is 0 Å². The summed E-state index contributed by atoms with van der Waals surface area (Å²) in [7, 11) is 1.86. The molecule has 0 aliphatic rings. The van der Waals surface area contributed by atoms with Crippen molar-refractivity contribution in [1.82, 2.24) is 25.5 Å². The first-order valence-corrected chi connectivity index (χ1v) is 12.8. The van der Waals surface area contributed by atoms with E-state index >= 15 is 0 Å². The summed E-state index contributed by atoms with van der Waals surface area (Å²) in [4.78, 5) is 22.1. The molecule has 0 aromatic carbocycles. The van der Waals surface area contributed by atoms with Gasteiger partial charge in [-0.1, -0.05) is 37.8 Å². The number of nitrogens with one attached hydrogen (secondary N) is 2. The molecular weight excluding hydrogens is 446 g/mol. The van der Waals surface area contributed by atoms with E-state index in [1.54, 1.807) is 0 Å². The largest absolute Gasteiger partial charge is 0.389 e. The summed E-state index contributed by atoms with van der Waals surface area (Å²) in [5.74, 6) is 0. The Bertz CT molecular complexity index is 935. The number of carbonyl (C=O) groups is 1. The normalized spacial score (nSPS) is 12.1. The molecule has 0 saturated carbocycles. The summed E-state index contributed by atoms with van der Waals surface area (Å²) in [6.45, 7) is 16.6. The Morgan fingerprint density at radius 3 is 2.14 bits per heavy atom. The Kier molecular flexibility index (Phi) is 15.5. The van der Waals surface area contributed by atoms with Crippen LogP contribution >= 0.6 is 0 Å². The van der Waals surface area contributed by atoms with E-state index in [9.17, 15) is 4.79 Å². The molecule has 1 amide bonds. The molecule has 36 heavy (non-hydrogen) atoms. The number of nitrogens with zero attached hydrogens (tertiary/aromatic N) is 3. The highest BCUT2D eigenvalue weighted by Crippen LogP contribution is 2.20. The molecule has 2 N–H and O–H groups in total. The van der Waals surface area contributed by atoms with Crippen LogP contribution < -0.4 is 10.6 Å². The second-order valence-corrected chi connectivity index (χ2v) is 8.88. The third-order valence-electron chi connectivity index (χ3n) is 6.02. The van der Waals surface area contributed by atoms with E-state index in [1.165, 1.54) is 16.7 Å². The van der Waals surface area contributed by atoms with Gasteiger partial charge < -0.3 is 10.6 Å². The maximum atomic E-state index is 10.5. The molecule has 2 rings (SSSR count). The van der Waals surface area contributed by atoms with E-state index < -0.39 is 0 Å². The predicted molar refractivity (Wildman–Crippen MR) is 151 cm³/mol. The van der Waals surface area contributed by atoms with Crippen molar-refractivity contribution in [2.24, 2.45) is 0 Å². The monoisotopic (exact) mass is 491 g/mol. The maximum absolute atomic E-state index is 10.5. The SMILES string of the molecule is C=C(/C=C(C)\C=C/C)NC.CCC(CCCNC=O)N(Cc1ncccc1C)Cc1ncccc1C. The van der Waals surface area contributed by atoms with E-state index in [-0.39, 0.29) is 0 Å². The minimum absolute atomic E-state index is 0.422. The number of hydrogen-bond donors (Lipinski definition) is 2. The third kappa shape index (κ3) is 11.9. The average Bonchev–Trinajstić information content (AvgIpc) is 2.87. The quantitative estimate of drug-likeness (QED) is 0.203. The smallest absolute Gasteiger partial charge is 0.207 e. The molecule has 196 valence electrons. The van der Waals surface area contributed by atoms with Gasteiger partial charge in [0.1, 0.15) is 0 Å². The fourth-order valence-electron chi connectivity index (χ4n) is 3.87. The summed E-state index contributed by atoms with van der Waals surface area (Å²) in [6, 6.07) is 8.61. The van der Waals surface area contributed by atoms with E-state index in [2.05, 4.69) is 65.0 Å². The minimum atomic E-state index is 0.422. The van der Waals surface area contributed by atoms with E-state index in [0.717, 1.165) is 62.4 Å². The molecule has 0 spiro atoms. The number of amides is 1. The lowest BCUT2D eigenvalue weighted by molar-refractivity contribution is -0.109. The first-order valence-electron chi connectivity index (χ1n) is 12.8. The zero-order chi connectivity index (χ0) is 26.8. The van der Waals surface area contributed by atoms with Crippen LogP contribution in [0.2, 0.25) is 0 Å². The van der Waals surface area contributed by atoms with Crippen LogP contribution in [0.4, 0.5) is 0 Å². The Balaban J connectivity index is 0.000000548. The molecule has 6 heteroatoms. The van der Waals surface area contributed by atoms with Crippen molar-refractivity contribution in [1.29, 1.82) is 0 Å². The lowest BCUT2D eigenvalue weighted by Gasteiger charge is -2.31. The highest BCUT2D eigenvalue weighted by molar-refractivity contribution is 5.45. The van der Waals surface area contributed by atoms with E-state index in [0.29, 0.717) is 6.04 Å². The van der Waals surface area contributed by atoms with Crippen LogP contribution in [0.1, 0.15) is 62.5 Å². The standard InChI is InChI=1S/C21H30N4O.C9H15N/c1-4-19(10-7-11-22-16-26)25(14-20-17(2)8-5-12-23-20)15-21-18(3)9-6-13-24-21;1-5-6-8(2)7-9(3)10-4/h5-6,8-9,12-13,16,19H,4,7,10-11,14-15H2,1-3H3,(H,22,26);5-7,10H,3H2,1-2,4H3/b;6-5-,8-7-. The highest BCUT2D eigenvalue weighted by atomic mass is 16.1. The topological polar surface area (TPSA) is 70.2 Å². The molecule has 2 heterocycles. The molecule has 0 aliphatic carbocycles. The summed E-state index contributed by atoms with van der Waals surface area (Å²) < 4.78 is 0. The molecule has 0 aliphatic heterocycles. The Morgan fingerprint density at radius 2 is 1.69 bits per heavy atom. The van der Waals surface area contributed by atoms with Crippen LogP contribution in [-0.2, 0) is 17.9 Å². The minimum Gasteiger partial charge on any atom is -0.389 e. The Labute approximate surface area is 218 Å². The number of pyridine rings is 2. The highest BCUT2D eigenvalue weighted by Gasteiger charge is 2.20. The van der Waals surface area contributed by atoms with Crippen LogP contribution in [0.3, 0.4) is 0 Å². The molecule has 6 nitrogen and oxygen atoms in total. The van der Waals surface area contributed by atoms with Crippen LogP contribution in [0.5, 0.6) is 0 Å². The van der Waals surface area contributed by atoms with Gasteiger partial charge in [-0.15, -0.1) is 0 Å². The number of aryl methyl sites for hydroxylation is 2. The molecule has 0 fully saturated rings. The molecule has 0 saturated heterocycles. The molecule has 0 bridgehead atoms. The summed E-state index contributed by atoms with van der Waals surface area (Å²) >= 11 is 0. The third-order valence-corrected chi connectivity index (χ3v) is 6.02. The molecular formula is C30H45N5O. The fourth-order valence-corrected chi connectivity index (χ4v) is 3.87. The molecule has 0 radical (unpaired) electrons. The van der Waals surface area contributed by atoms with Crippen molar-refractivity contribution in [3.63, 3.8) is 0 Å². The molecule has 1 atom stereocenters. The predicted octanol–water partition coefficient (Wildman–Crippen LogP) is 5.64. The van der Waals surface area contributed by atoms with Crippen LogP contribution in [-0.4, -0.2) is 40.9 Å². The molecule has 1 unspecified atom stereocenters. The molecule has 2 aromatic heterocycles. The van der Waals surface area contributed by atoms with E-state index in [4.69, 9.17) is 0 Å². The van der Waals surface area contributed by atoms with Gasteiger partial charge in [0, 0.05) is 50.8 Å². The fraction of sp³-hybridized carbons (Fsp3) is 0.433. The summed E-state index contributed by atoms with van der Waals surface area (Å²) in [5.41, 5.74) is 6.81. The lowest BCUT2D eigenvalue weighted by atomic mass is 10.0. The van der Waals surface area contributed by atoms with Gasteiger partial charge in [0.15, 0.2) is 0 Å². The van der Waals surface area contributed by atoms with Gasteiger partial charge in [0.2, 0.25) is 6.41 Å². The lowest BCUT2D eigenvalue weighted by Crippen LogP contribution is -2.35. The van der Waals surface area contributed by atoms with Gasteiger partial charge in [0.25, 0.3) is 0 Å². The van der Waals surface area contributed by atoms with Crippen molar-refractivity contribution in [3.05, 3.63) is 95.3 Å². The molecule has 2 aromatic rings. The van der Waals surface area contributed by atoms with Crippen LogP contribution in [0.25, 0.3) is 0 Å². The van der Waals surface area contributed by atoms with E-state index in [1.807, 2.05) is 63.6 Å². The zero-order valence-electron chi connectivity index (χ0n) is 23.1.